The maximum Gasteiger partial charge on any atom is 0.218 e. The molecule has 0 atom stereocenters. The van der Waals surface area contributed by atoms with Crippen LogP contribution < -0.4 is 0 Å². The van der Waals surface area contributed by atoms with Crippen molar-refractivity contribution in [2.45, 2.75) is 44.9 Å². The fraction of sp³-hybridized carbons (Fsp3) is 0.500. The van der Waals surface area contributed by atoms with Crippen LogP contribution in [0.25, 0.3) is 0 Å². The summed E-state index contributed by atoms with van der Waals surface area (Å²) >= 11 is 0. The lowest BCUT2D eigenvalue weighted by Gasteiger charge is -2.31. The summed E-state index contributed by atoms with van der Waals surface area (Å²) in [5, 5.41) is 4.33. The number of nitrogens with zero attached hydrogens (tertiary/aromatic N) is 3. The Bertz CT molecular complexity index is 790. The molecule has 1 aromatic heterocycles. The van der Waals surface area contributed by atoms with Crippen molar-refractivity contribution in [3.63, 3.8) is 0 Å². The van der Waals surface area contributed by atoms with Crippen LogP contribution in [0.3, 0.4) is 0 Å². The van der Waals surface area contributed by atoms with Gasteiger partial charge in [0, 0.05) is 25.8 Å². The molecule has 5 nitrogen and oxygen atoms in total. The zero-order valence-electron chi connectivity index (χ0n) is 14.4. The lowest BCUT2D eigenvalue weighted by Crippen LogP contribution is -2.38. The normalized spacial score (nSPS) is 17.2. The van der Waals surface area contributed by atoms with Gasteiger partial charge in [0.05, 0.1) is 11.9 Å². The molecule has 1 saturated heterocycles. The van der Waals surface area contributed by atoms with Crippen LogP contribution in [0.2, 0.25) is 0 Å². The molecule has 0 bridgehead atoms. The minimum absolute atomic E-state index is 0.0953. The standard InChI is InChI=1S/C18H25N3O2S/c1-3-20-13-18(12-19-20)16-8-10-21(11-9-16)24(22,23)14-17-7-5-4-6-15(17)2/h4-7,12-13,16H,3,8-11,14H2,1-2H3. The Morgan fingerprint density at radius 3 is 2.54 bits per heavy atom. The topological polar surface area (TPSA) is 55.2 Å². The van der Waals surface area contributed by atoms with Crippen molar-refractivity contribution >= 4 is 10.0 Å². The number of aromatic nitrogens is 2. The number of rotatable bonds is 5. The minimum Gasteiger partial charge on any atom is -0.273 e. The molecule has 0 spiro atoms. The van der Waals surface area contributed by atoms with Crippen molar-refractivity contribution in [2.24, 2.45) is 0 Å². The molecule has 2 heterocycles. The second kappa shape index (κ2) is 7.07. The monoisotopic (exact) mass is 347 g/mol. The Kier molecular flexibility index (Phi) is 5.06. The molecule has 1 aliphatic heterocycles. The average Bonchev–Trinajstić information content (AvgIpc) is 3.06. The van der Waals surface area contributed by atoms with Gasteiger partial charge in [-0.25, -0.2) is 12.7 Å². The van der Waals surface area contributed by atoms with E-state index in [2.05, 4.69) is 18.2 Å². The van der Waals surface area contributed by atoms with Crippen molar-refractivity contribution in [3.8, 4) is 0 Å². The van der Waals surface area contributed by atoms with E-state index in [1.165, 1.54) is 5.56 Å². The maximum atomic E-state index is 12.7. The van der Waals surface area contributed by atoms with Crippen LogP contribution in [0.1, 0.15) is 42.4 Å². The minimum atomic E-state index is -3.25. The molecular weight excluding hydrogens is 322 g/mol. The molecule has 0 saturated carbocycles. The first-order valence-corrected chi connectivity index (χ1v) is 10.1. The van der Waals surface area contributed by atoms with Gasteiger partial charge in [0.1, 0.15) is 0 Å². The van der Waals surface area contributed by atoms with Crippen molar-refractivity contribution < 1.29 is 8.42 Å². The summed E-state index contributed by atoms with van der Waals surface area (Å²) < 4.78 is 29.0. The number of piperidine rings is 1. The number of hydrogen-bond acceptors (Lipinski definition) is 3. The summed E-state index contributed by atoms with van der Waals surface area (Å²) in [7, 11) is -3.25. The summed E-state index contributed by atoms with van der Waals surface area (Å²) in [6.07, 6.45) is 5.73. The highest BCUT2D eigenvalue weighted by Gasteiger charge is 2.29. The molecule has 0 radical (unpaired) electrons. The van der Waals surface area contributed by atoms with Gasteiger partial charge in [0.15, 0.2) is 0 Å². The predicted octanol–water partition coefficient (Wildman–Crippen LogP) is 2.92. The molecule has 0 N–H and O–H groups in total. The Labute approximate surface area is 144 Å². The SMILES string of the molecule is CCn1cc(C2CCN(S(=O)(=O)Cc3ccccc3C)CC2)cn1. The van der Waals surface area contributed by atoms with Gasteiger partial charge in [-0.05, 0) is 49.3 Å². The highest BCUT2D eigenvalue weighted by Crippen LogP contribution is 2.29. The van der Waals surface area contributed by atoms with Crippen molar-refractivity contribution in [1.29, 1.82) is 0 Å². The van der Waals surface area contributed by atoms with Gasteiger partial charge in [0.2, 0.25) is 10.0 Å². The van der Waals surface area contributed by atoms with E-state index in [9.17, 15) is 8.42 Å². The fourth-order valence-corrected chi connectivity index (χ4v) is 4.96. The zero-order valence-corrected chi connectivity index (χ0v) is 15.2. The van der Waals surface area contributed by atoms with E-state index in [4.69, 9.17) is 0 Å². The second-order valence-electron chi connectivity index (χ2n) is 6.49. The van der Waals surface area contributed by atoms with E-state index in [0.29, 0.717) is 19.0 Å². The van der Waals surface area contributed by atoms with Crippen LogP contribution in [0, 0.1) is 6.92 Å². The van der Waals surface area contributed by atoms with Gasteiger partial charge in [-0.1, -0.05) is 24.3 Å². The van der Waals surface area contributed by atoms with Gasteiger partial charge in [0.25, 0.3) is 0 Å². The van der Waals surface area contributed by atoms with Gasteiger partial charge in [-0.3, -0.25) is 4.68 Å². The molecule has 0 unspecified atom stereocenters. The summed E-state index contributed by atoms with van der Waals surface area (Å²) in [4.78, 5) is 0. The van der Waals surface area contributed by atoms with Crippen LogP contribution >= 0.6 is 0 Å². The Hall–Kier alpha value is -1.66. The number of hydrogen-bond donors (Lipinski definition) is 0. The zero-order chi connectivity index (χ0) is 17.2. The molecule has 24 heavy (non-hydrogen) atoms. The summed E-state index contributed by atoms with van der Waals surface area (Å²) in [6, 6.07) is 7.70. The smallest absolute Gasteiger partial charge is 0.218 e. The molecule has 6 heteroatoms. The van der Waals surface area contributed by atoms with Crippen LogP contribution in [-0.4, -0.2) is 35.6 Å². The van der Waals surface area contributed by atoms with Crippen LogP contribution in [0.4, 0.5) is 0 Å². The third-order valence-electron chi connectivity index (χ3n) is 4.90. The fourth-order valence-electron chi connectivity index (χ4n) is 3.29. The molecule has 0 amide bonds. The largest absolute Gasteiger partial charge is 0.273 e. The van der Waals surface area contributed by atoms with Crippen LogP contribution in [-0.2, 0) is 22.3 Å². The maximum absolute atomic E-state index is 12.7. The summed E-state index contributed by atoms with van der Waals surface area (Å²) in [6.45, 7) is 6.08. The Morgan fingerprint density at radius 2 is 1.92 bits per heavy atom. The molecule has 3 rings (SSSR count). The third-order valence-corrected chi connectivity index (χ3v) is 6.72. The molecule has 1 fully saturated rings. The summed E-state index contributed by atoms with van der Waals surface area (Å²) in [5.74, 6) is 0.508. The van der Waals surface area contributed by atoms with E-state index in [1.807, 2.05) is 42.1 Å². The summed E-state index contributed by atoms with van der Waals surface area (Å²) in [5.41, 5.74) is 3.15. The molecule has 1 aliphatic rings. The Balaban J connectivity index is 1.64. The third kappa shape index (κ3) is 3.70. The van der Waals surface area contributed by atoms with E-state index in [1.54, 1.807) is 4.31 Å². The molecule has 2 aromatic rings. The van der Waals surface area contributed by atoms with Crippen LogP contribution in [0.5, 0.6) is 0 Å². The first-order valence-electron chi connectivity index (χ1n) is 8.54. The number of benzene rings is 1. The number of sulfonamides is 1. The molecular formula is C18H25N3O2S. The van der Waals surface area contributed by atoms with Crippen molar-refractivity contribution in [3.05, 3.63) is 53.3 Å². The second-order valence-corrected chi connectivity index (χ2v) is 8.45. The first kappa shape index (κ1) is 17.2. The molecule has 1 aromatic carbocycles. The molecule has 130 valence electrons. The van der Waals surface area contributed by atoms with E-state index >= 15 is 0 Å². The predicted molar refractivity (Wildman–Crippen MR) is 95.3 cm³/mol. The van der Waals surface area contributed by atoms with E-state index in [0.717, 1.165) is 30.5 Å². The lowest BCUT2D eigenvalue weighted by atomic mass is 9.93. The first-order chi connectivity index (χ1) is 11.5. The van der Waals surface area contributed by atoms with Crippen molar-refractivity contribution in [1.82, 2.24) is 14.1 Å². The Morgan fingerprint density at radius 1 is 1.21 bits per heavy atom. The van der Waals surface area contributed by atoms with Gasteiger partial charge in [-0.2, -0.15) is 5.10 Å². The van der Waals surface area contributed by atoms with Gasteiger partial charge >= 0.3 is 0 Å². The van der Waals surface area contributed by atoms with E-state index < -0.39 is 10.0 Å². The highest BCUT2D eigenvalue weighted by molar-refractivity contribution is 7.88. The molecule has 0 aliphatic carbocycles. The van der Waals surface area contributed by atoms with Gasteiger partial charge in [-0.15, -0.1) is 0 Å². The quantitative estimate of drug-likeness (QED) is 0.836. The van der Waals surface area contributed by atoms with Crippen molar-refractivity contribution in [2.75, 3.05) is 13.1 Å². The highest BCUT2D eigenvalue weighted by atomic mass is 32.2. The number of aryl methyl sites for hydroxylation is 2. The lowest BCUT2D eigenvalue weighted by molar-refractivity contribution is 0.319. The average molecular weight is 347 g/mol. The van der Waals surface area contributed by atoms with Gasteiger partial charge < -0.3 is 0 Å². The van der Waals surface area contributed by atoms with E-state index in [-0.39, 0.29) is 5.75 Å². The van der Waals surface area contributed by atoms with Crippen LogP contribution in [0.15, 0.2) is 36.7 Å².